The van der Waals surface area contributed by atoms with E-state index in [1.807, 2.05) is 134 Å². The van der Waals surface area contributed by atoms with Gasteiger partial charge >= 0.3 is 29.8 Å². The van der Waals surface area contributed by atoms with Crippen molar-refractivity contribution in [1.82, 2.24) is 19.6 Å². The molecule has 0 unspecified atom stereocenters. The van der Waals surface area contributed by atoms with Gasteiger partial charge in [-0.15, -0.1) is 0 Å². The number of carboxylic acid groups (broad SMARTS) is 1. The summed E-state index contributed by atoms with van der Waals surface area (Å²) in [7, 11) is 0. The second-order valence-corrected chi connectivity index (χ2v) is 20.6. The van der Waals surface area contributed by atoms with Crippen molar-refractivity contribution in [2.75, 3.05) is 78.6 Å². The van der Waals surface area contributed by atoms with Crippen LogP contribution in [0.1, 0.15) is 111 Å². The fourth-order valence-corrected chi connectivity index (χ4v) is 7.09. The number of carbonyl (C=O) groups is 5. The van der Waals surface area contributed by atoms with Gasteiger partial charge in [0.2, 0.25) is 0 Å². The molecule has 0 spiro atoms. The number of hydrogen-bond donors (Lipinski definition) is 1. The molecule has 1 aliphatic heterocycles. The first-order valence-electron chi connectivity index (χ1n) is 22.4. The number of esters is 4. The van der Waals surface area contributed by atoms with E-state index < -0.39 is 40.3 Å². The molecule has 0 aromatic heterocycles. The van der Waals surface area contributed by atoms with Gasteiger partial charge in [0.15, 0.2) is 0 Å². The summed E-state index contributed by atoms with van der Waals surface area (Å²) >= 11 is 0. The molecule has 2 aromatic carbocycles. The van der Waals surface area contributed by atoms with Gasteiger partial charge in [-0.3, -0.25) is 38.8 Å². The molecule has 15 nitrogen and oxygen atoms in total. The fourth-order valence-electron chi connectivity index (χ4n) is 7.09. The molecule has 2 aromatic rings. The van der Waals surface area contributed by atoms with Crippen molar-refractivity contribution in [3.05, 3.63) is 65.2 Å². The summed E-state index contributed by atoms with van der Waals surface area (Å²) in [5, 5.41) is 9.19. The fraction of sp³-hybridized carbons (Fsp3) is 0.653. The Labute approximate surface area is 381 Å². The van der Waals surface area contributed by atoms with Crippen LogP contribution in [0.3, 0.4) is 0 Å². The van der Waals surface area contributed by atoms with Gasteiger partial charge in [-0.25, -0.2) is 4.79 Å². The maximum atomic E-state index is 13.6. The minimum atomic E-state index is -0.955. The molecule has 0 aliphatic carbocycles. The normalized spacial score (nSPS) is 17.1. The van der Waals surface area contributed by atoms with Crippen LogP contribution in [0.2, 0.25) is 0 Å². The Balaban J connectivity index is 1.97. The summed E-state index contributed by atoms with van der Waals surface area (Å²) in [6.45, 7) is 25.1. The van der Waals surface area contributed by atoms with Gasteiger partial charge in [0.25, 0.3) is 0 Å². The van der Waals surface area contributed by atoms with Gasteiger partial charge in [0, 0.05) is 51.9 Å². The Morgan fingerprint density at radius 2 is 0.922 bits per heavy atom. The predicted molar refractivity (Wildman–Crippen MR) is 245 cm³/mol. The highest BCUT2D eigenvalue weighted by molar-refractivity contribution is 5.87. The second kappa shape index (κ2) is 24.1. The van der Waals surface area contributed by atoms with E-state index in [9.17, 15) is 29.1 Å². The summed E-state index contributed by atoms with van der Waals surface area (Å²) in [6.07, 6.45) is 1.97. The van der Waals surface area contributed by atoms with Crippen LogP contribution in [-0.2, 0) is 51.0 Å². The molecule has 1 N–H and O–H groups in total. The van der Waals surface area contributed by atoms with E-state index in [0.717, 1.165) is 24.0 Å². The minimum Gasteiger partial charge on any atom is -0.494 e. The maximum absolute atomic E-state index is 13.6. The number of nitrogens with zero attached hydrogens (tertiary/aromatic N) is 4. The van der Waals surface area contributed by atoms with Crippen molar-refractivity contribution in [2.45, 2.75) is 131 Å². The molecule has 358 valence electrons. The number of rotatable bonds is 16. The van der Waals surface area contributed by atoms with E-state index >= 15 is 0 Å². The largest absolute Gasteiger partial charge is 0.494 e. The lowest BCUT2D eigenvalue weighted by Gasteiger charge is -2.39. The Bertz CT molecular complexity index is 1810. The van der Waals surface area contributed by atoms with E-state index in [2.05, 4.69) is 4.90 Å². The molecule has 0 bridgehead atoms. The molecule has 3 rings (SSSR count). The lowest BCUT2D eigenvalue weighted by molar-refractivity contribution is -0.160. The molecule has 0 saturated carbocycles. The Hall–Kier alpha value is -4.57. The number of hydrogen-bond acceptors (Lipinski definition) is 14. The third-order valence-corrected chi connectivity index (χ3v) is 9.70. The highest BCUT2D eigenvalue weighted by atomic mass is 16.6. The van der Waals surface area contributed by atoms with Crippen molar-refractivity contribution in [3.8, 4) is 5.75 Å². The standard InChI is InChI=1S/C49H76N4O11/c1-46(2,3)61-41(54)32-50-23-24-51(33-42(55)62-47(4,5)6)27-28-53(35-44(57)64-49(10,11)12)39(31-52(26-25-50)34-43(56)63-48(7,8)9)30-37-17-21-40(22-18-37)60-29-13-14-36-15-19-38(20-16-36)45(58)59/h15-22,39H,13-14,23-35H2,1-12H3,(H,58,59)/t39-/m0/s1. The van der Waals surface area contributed by atoms with Crippen molar-refractivity contribution in [3.63, 3.8) is 0 Å². The van der Waals surface area contributed by atoms with E-state index in [-0.39, 0.29) is 49.7 Å². The van der Waals surface area contributed by atoms with Gasteiger partial charge in [-0.2, -0.15) is 0 Å². The van der Waals surface area contributed by atoms with Crippen LogP contribution in [0.5, 0.6) is 5.75 Å². The zero-order valence-corrected chi connectivity index (χ0v) is 40.6. The van der Waals surface area contributed by atoms with Crippen molar-refractivity contribution in [2.24, 2.45) is 0 Å². The first kappa shape index (κ1) is 53.8. The quantitative estimate of drug-likeness (QED) is 0.120. The highest BCUT2D eigenvalue weighted by Gasteiger charge is 2.31. The van der Waals surface area contributed by atoms with E-state index in [1.54, 1.807) is 12.1 Å². The number of benzene rings is 2. The lowest BCUT2D eigenvalue weighted by Crippen LogP contribution is -2.54. The molecule has 0 amide bonds. The molecule has 64 heavy (non-hydrogen) atoms. The number of ether oxygens (including phenoxy) is 5. The number of carbonyl (C=O) groups excluding carboxylic acids is 4. The van der Waals surface area contributed by atoms with E-state index in [1.165, 1.54) is 0 Å². The zero-order chi connectivity index (χ0) is 47.9. The first-order valence-corrected chi connectivity index (χ1v) is 22.4. The van der Waals surface area contributed by atoms with Crippen LogP contribution in [0.4, 0.5) is 0 Å². The van der Waals surface area contributed by atoms with Gasteiger partial charge in [-0.1, -0.05) is 24.3 Å². The van der Waals surface area contributed by atoms with Crippen LogP contribution in [0.25, 0.3) is 0 Å². The molecule has 1 atom stereocenters. The van der Waals surface area contributed by atoms with Crippen molar-refractivity contribution < 1.29 is 52.8 Å². The van der Waals surface area contributed by atoms with Gasteiger partial charge < -0.3 is 28.8 Å². The van der Waals surface area contributed by atoms with Crippen LogP contribution < -0.4 is 4.74 Å². The van der Waals surface area contributed by atoms with Gasteiger partial charge in [-0.05, 0) is 138 Å². The second-order valence-electron chi connectivity index (χ2n) is 20.6. The first-order chi connectivity index (χ1) is 29.6. The molecule has 1 saturated heterocycles. The van der Waals surface area contributed by atoms with Crippen LogP contribution >= 0.6 is 0 Å². The number of aromatic carboxylic acids is 1. The van der Waals surface area contributed by atoms with Crippen LogP contribution in [-0.4, -0.2) is 162 Å². The molecule has 1 heterocycles. The third kappa shape index (κ3) is 22.9. The number of carboxylic acids is 1. The number of aryl methyl sites for hydroxylation is 1. The molecule has 1 fully saturated rings. The van der Waals surface area contributed by atoms with E-state index in [0.29, 0.717) is 64.6 Å². The molecule has 0 radical (unpaired) electrons. The van der Waals surface area contributed by atoms with Crippen LogP contribution in [0, 0.1) is 0 Å². The summed E-state index contributed by atoms with van der Waals surface area (Å²) in [4.78, 5) is 72.9. The zero-order valence-electron chi connectivity index (χ0n) is 40.6. The summed E-state index contributed by atoms with van der Waals surface area (Å²) < 4.78 is 29.2. The van der Waals surface area contributed by atoms with Gasteiger partial charge in [0.1, 0.15) is 28.2 Å². The Kier molecular flexibility index (Phi) is 20.2. The SMILES string of the molecule is CC(C)(C)OC(=O)CN1CCN(CC(=O)OC(C)(C)C)CCN(CC(=O)OC(C)(C)C)[C@@H](Cc2ccc(OCCCc3ccc(C(=O)O)cc3)cc2)CN(CC(=O)OC(C)(C)C)CC1. The third-order valence-electron chi connectivity index (χ3n) is 9.70. The smallest absolute Gasteiger partial charge is 0.335 e. The highest BCUT2D eigenvalue weighted by Crippen LogP contribution is 2.20. The van der Waals surface area contributed by atoms with Crippen molar-refractivity contribution in [1.29, 1.82) is 0 Å². The summed E-state index contributed by atoms with van der Waals surface area (Å²) in [6, 6.07) is 14.4. The average Bonchev–Trinajstić information content (AvgIpc) is 3.12. The van der Waals surface area contributed by atoms with E-state index in [4.69, 9.17) is 23.7 Å². The summed E-state index contributed by atoms with van der Waals surface area (Å²) in [5.41, 5.74) is -0.526. The average molecular weight is 897 g/mol. The molecule has 1 aliphatic rings. The predicted octanol–water partition coefficient (Wildman–Crippen LogP) is 5.90. The van der Waals surface area contributed by atoms with Crippen LogP contribution in [0.15, 0.2) is 48.5 Å². The Morgan fingerprint density at radius 3 is 1.36 bits per heavy atom. The minimum absolute atomic E-state index is 0.00568. The molecule has 15 heteroatoms. The molecular formula is C49H76N4O11. The Morgan fingerprint density at radius 1 is 0.531 bits per heavy atom. The topological polar surface area (TPSA) is 165 Å². The summed E-state index contributed by atoms with van der Waals surface area (Å²) in [5.74, 6) is -1.80. The monoisotopic (exact) mass is 897 g/mol. The van der Waals surface area contributed by atoms with Gasteiger partial charge in [0.05, 0.1) is 38.3 Å². The lowest BCUT2D eigenvalue weighted by atomic mass is 10.0. The van der Waals surface area contributed by atoms with Crippen molar-refractivity contribution >= 4 is 29.8 Å². The maximum Gasteiger partial charge on any atom is 0.335 e. The molecular weight excluding hydrogens is 821 g/mol.